The van der Waals surface area contributed by atoms with Crippen molar-refractivity contribution in [1.29, 1.82) is 0 Å². The molecule has 0 aromatic heterocycles. The molecule has 0 aliphatic heterocycles. The molecular weight excluding hydrogens is 246 g/mol. The zero-order valence-electron chi connectivity index (χ0n) is 11.0. The van der Waals surface area contributed by atoms with Gasteiger partial charge in [-0.3, -0.25) is 0 Å². The first kappa shape index (κ1) is 13.4. The molecule has 1 saturated carbocycles. The van der Waals surface area contributed by atoms with Gasteiger partial charge in [-0.1, -0.05) is 44.2 Å². The molecule has 0 unspecified atom stereocenters. The third-order valence-corrected chi connectivity index (χ3v) is 3.63. The number of hydrogen-bond acceptors (Lipinski definition) is 3. The second kappa shape index (κ2) is 4.57. The molecule has 1 amide bonds. The van der Waals surface area contributed by atoms with E-state index in [1.54, 1.807) is 13.8 Å². The Morgan fingerprint density at radius 2 is 1.89 bits per heavy atom. The Labute approximate surface area is 111 Å². The normalized spacial score (nSPS) is 23.5. The Bertz CT molecular complexity index is 497. The molecule has 102 valence electrons. The summed E-state index contributed by atoms with van der Waals surface area (Å²) in [7, 11) is 0. The molecule has 0 heterocycles. The number of hydrogen-bond donors (Lipinski definition) is 2. The second-order valence-corrected chi connectivity index (χ2v) is 5.46. The summed E-state index contributed by atoms with van der Waals surface area (Å²) in [6, 6.07) is 9.23. The number of amides is 1. The van der Waals surface area contributed by atoms with Gasteiger partial charge in [0, 0.05) is 5.41 Å². The van der Waals surface area contributed by atoms with Crippen LogP contribution in [0.2, 0.25) is 0 Å². The van der Waals surface area contributed by atoms with Crippen molar-refractivity contribution in [2.75, 3.05) is 0 Å². The summed E-state index contributed by atoms with van der Waals surface area (Å²) in [5, 5.41) is 11.7. The smallest absolute Gasteiger partial charge is 0.408 e. The number of carbonyl (C=O) groups is 2. The Morgan fingerprint density at radius 1 is 1.32 bits per heavy atom. The molecule has 1 aromatic carbocycles. The van der Waals surface area contributed by atoms with Crippen LogP contribution < -0.4 is 5.32 Å². The zero-order chi connectivity index (χ0) is 14.1. The minimum absolute atomic E-state index is 0.128. The average Bonchev–Trinajstić information content (AvgIpc) is 2.91. The molecule has 1 aliphatic rings. The number of benzene rings is 1. The number of aliphatic carboxylic acids is 1. The van der Waals surface area contributed by atoms with Crippen molar-refractivity contribution >= 4 is 12.1 Å². The molecule has 2 rings (SSSR count). The van der Waals surface area contributed by atoms with E-state index in [-0.39, 0.29) is 6.61 Å². The summed E-state index contributed by atoms with van der Waals surface area (Å²) in [5.74, 6) is -1.02. The van der Waals surface area contributed by atoms with Crippen molar-refractivity contribution in [1.82, 2.24) is 5.32 Å². The van der Waals surface area contributed by atoms with Crippen LogP contribution >= 0.6 is 0 Å². The summed E-state index contributed by atoms with van der Waals surface area (Å²) in [6.45, 7) is 3.74. The van der Waals surface area contributed by atoms with Crippen molar-refractivity contribution in [3.05, 3.63) is 35.9 Å². The van der Waals surface area contributed by atoms with Gasteiger partial charge in [-0.25, -0.2) is 9.59 Å². The maximum atomic E-state index is 11.7. The van der Waals surface area contributed by atoms with Gasteiger partial charge in [-0.15, -0.1) is 0 Å². The van der Waals surface area contributed by atoms with Crippen molar-refractivity contribution in [3.8, 4) is 0 Å². The zero-order valence-corrected chi connectivity index (χ0v) is 11.0. The largest absolute Gasteiger partial charge is 0.479 e. The van der Waals surface area contributed by atoms with Gasteiger partial charge in [0.25, 0.3) is 0 Å². The fourth-order valence-electron chi connectivity index (χ4n) is 2.18. The van der Waals surface area contributed by atoms with Crippen molar-refractivity contribution in [3.63, 3.8) is 0 Å². The highest BCUT2D eigenvalue weighted by atomic mass is 16.5. The Kier molecular flexibility index (Phi) is 3.22. The standard InChI is InChI=1S/C14H17NO4/c1-13(2)9-14(13,11(16)17)15-12(18)19-8-10-6-4-3-5-7-10/h3-7H,8-9H2,1-2H3,(H,15,18)(H,16,17)/t14-/m1/s1. The van der Waals surface area contributed by atoms with Crippen LogP contribution in [0.4, 0.5) is 4.79 Å². The molecule has 19 heavy (non-hydrogen) atoms. The topological polar surface area (TPSA) is 75.6 Å². The number of carboxylic acid groups (broad SMARTS) is 1. The third-order valence-electron chi connectivity index (χ3n) is 3.63. The SMILES string of the molecule is CC1(C)C[C@@]1(NC(=O)OCc1ccccc1)C(=O)O. The molecule has 5 heteroatoms. The lowest BCUT2D eigenvalue weighted by atomic mass is 10.1. The van der Waals surface area contributed by atoms with Crippen LogP contribution in [0, 0.1) is 5.41 Å². The van der Waals surface area contributed by atoms with E-state index < -0.39 is 23.0 Å². The van der Waals surface area contributed by atoms with Crippen molar-refractivity contribution < 1.29 is 19.4 Å². The van der Waals surface area contributed by atoms with E-state index in [0.717, 1.165) is 5.56 Å². The van der Waals surface area contributed by atoms with Crippen LogP contribution in [0.15, 0.2) is 30.3 Å². The van der Waals surface area contributed by atoms with Crippen LogP contribution in [-0.4, -0.2) is 22.7 Å². The summed E-state index contributed by atoms with van der Waals surface area (Å²) in [4.78, 5) is 22.9. The van der Waals surface area contributed by atoms with E-state index >= 15 is 0 Å². The number of rotatable bonds is 4. The van der Waals surface area contributed by atoms with E-state index in [0.29, 0.717) is 6.42 Å². The molecule has 1 aliphatic carbocycles. The molecule has 1 atom stereocenters. The first-order chi connectivity index (χ1) is 8.87. The van der Waals surface area contributed by atoms with E-state index in [2.05, 4.69) is 5.32 Å². The van der Waals surface area contributed by atoms with Crippen LogP contribution in [-0.2, 0) is 16.1 Å². The summed E-state index contributed by atoms with van der Waals surface area (Å²) < 4.78 is 5.03. The average molecular weight is 263 g/mol. The van der Waals surface area contributed by atoms with Gasteiger partial charge < -0.3 is 15.2 Å². The number of carbonyl (C=O) groups excluding carboxylic acids is 1. The van der Waals surface area contributed by atoms with E-state index in [1.165, 1.54) is 0 Å². The number of alkyl carbamates (subject to hydrolysis) is 1. The highest BCUT2D eigenvalue weighted by molar-refractivity contribution is 5.89. The maximum absolute atomic E-state index is 11.7. The summed E-state index contributed by atoms with van der Waals surface area (Å²) in [5.41, 5.74) is -0.775. The third kappa shape index (κ3) is 2.54. The molecule has 0 spiro atoms. The lowest BCUT2D eigenvalue weighted by molar-refractivity contribution is -0.141. The summed E-state index contributed by atoms with van der Waals surface area (Å²) >= 11 is 0. The van der Waals surface area contributed by atoms with Crippen molar-refractivity contribution in [2.24, 2.45) is 5.41 Å². The van der Waals surface area contributed by atoms with Crippen molar-refractivity contribution in [2.45, 2.75) is 32.4 Å². The van der Waals surface area contributed by atoms with Crippen LogP contribution in [0.1, 0.15) is 25.8 Å². The van der Waals surface area contributed by atoms with Gasteiger partial charge >= 0.3 is 12.1 Å². The monoisotopic (exact) mass is 263 g/mol. The molecule has 0 saturated heterocycles. The first-order valence-electron chi connectivity index (χ1n) is 6.10. The van der Waals surface area contributed by atoms with E-state index in [1.807, 2.05) is 30.3 Å². The van der Waals surface area contributed by atoms with Gasteiger partial charge in [-0.05, 0) is 12.0 Å². The molecule has 5 nitrogen and oxygen atoms in total. The lowest BCUT2D eigenvalue weighted by Gasteiger charge is -2.17. The van der Waals surface area contributed by atoms with Gasteiger partial charge in [0.15, 0.2) is 0 Å². The van der Waals surface area contributed by atoms with E-state index in [4.69, 9.17) is 4.74 Å². The van der Waals surface area contributed by atoms with Crippen LogP contribution in [0.25, 0.3) is 0 Å². The quantitative estimate of drug-likeness (QED) is 0.872. The number of nitrogens with one attached hydrogen (secondary N) is 1. The molecule has 1 fully saturated rings. The number of ether oxygens (including phenoxy) is 1. The predicted molar refractivity (Wildman–Crippen MR) is 68.5 cm³/mol. The highest BCUT2D eigenvalue weighted by Crippen LogP contribution is 2.55. The van der Waals surface area contributed by atoms with Gasteiger partial charge in [0.2, 0.25) is 0 Å². The predicted octanol–water partition coefficient (Wildman–Crippen LogP) is 2.17. The van der Waals surface area contributed by atoms with Crippen LogP contribution in [0.5, 0.6) is 0 Å². The van der Waals surface area contributed by atoms with Gasteiger partial charge in [0.05, 0.1) is 0 Å². The first-order valence-corrected chi connectivity index (χ1v) is 6.10. The molecular formula is C14H17NO4. The molecule has 0 radical (unpaired) electrons. The Morgan fingerprint density at radius 3 is 2.37 bits per heavy atom. The van der Waals surface area contributed by atoms with Gasteiger partial charge in [-0.2, -0.15) is 0 Å². The minimum atomic E-state index is -1.19. The fraction of sp³-hybridized carbons (Fsp3) is 0.429. The minimum Gasteiger partial charge on any atom is -0.479 e. The molecule has 2 N–H and O–H groups in total. The molecule has 0 bridgehead atoms. The number of carboxylic acids is 1. The fourth-order valence-corrected chi connectivity index (χ4v) is 2.18. The molecule has 1 aromatic rings. The van der Waals surface area contributed by atoms with E-state index in [9.17, 15) is 14.7 Å². The van der Waals surface area contributed by atoms with Gasteiger partial charge in [0.1, 0.15) is 12.1 Å². The summed E-state index contributed by atoms with van der Waals surface area (Å²) in [6.07, 6.45) is -0.285. The highest BCUT2D eigenvalue weighted by Gasteiger charge is 2.68. The second-order valence-electron chi connectivity index (χ2n) is 5.46. The maximum Gasteiger partial charge on any atom is 0.408 e. The Hall–Kier alpha value is -2.04. The lowest BCUT2D eigenvalue weighted by Crippen LogP contribution is -2.46. The Balaban J connectivity index is 1.90. The van der Waals surface area contributed by atoms with Crippen LogP contribution in [0.3, 0.4) is 0 Å².